The van der Waals surface area contributed by atoms with Crippen LogP contribution >= 0.6 is 0 Å². The van der Waals surface area contributed by atoms with E-state index in [1.165, 1.54) is 6.92 Å². The molecule has 0 aliphatic rings. The van der Waals surface area contributed by atoms with E-state index in [2.05, 4.69) is 0 Å². The topological polar surface area (TPSA) is 52.4 Å². The van der Waals surface area contributed by atoms with Crippen molar-refractivity contribution in [2.75, 3.05) is 6.61 Å². The second-order valence-electron chi connectivity index (χ2n) is 3.67. The van der Waals surface area contributed by atoms with Crippen LogP contribution in [0.15, 0.2) is 18.2 Å². The largest absolute Gasteiger partial charge is 0.486 e. The minimum atomic E-state index is -0.677. The van der Waals surface area contributed by atoms with Crippen molar-refractivity contribution in [1.82, 2.24) is 0 Å². The van der Waals surface area contributed by atoms with Crippen LogP contribution in [0.1, 0.15) is 18.1 Å². The van der Waals surface area contributed by atoms with Gasteiger partial charge in [0.2, 0.25) is 6.04 Å². The van der Waals surface area contributed by atoms with E-state index in [0.29, 0.717) is 0 Å². The number of benzene rings is 1. The summed E-state index contributed by atoms with van der Waals surface area (Å²) in [5.41, 5.74) is 2.01. The third-order valence-electron chi connectivity index (χ3n) is 2.24. The highest BCUT2D eigenvalue weighted by atomic mass is 16.6. The number of nitro groups is 1. The van der Waals surface area contributed by atoms with E-state index in [1.54, 1.807) is 0 Å². The molecule has 0 aromatic heterocycles. The van der Waals surface area contributed by atoms with Crippen molar-refractivity contribution in [3.63, 3.8) is 0 Å². The van der Waals surface area contributed by atoms with Crippen LogP contribution in [0, 0.1) is 24.0 Å². The molecule has 0 fully saturated rings. The fourth-order valence-corrected chi connectivity index (χ4v) is 1.29. The third kappa shape index (κ3) is 2.94. The molecule has 1 atom stereocenters. The molecule has 82 valence electrons. The van der Waals surface area contributed by atoms with Gasteiger partial charge in [-0.15, -0.1) is 0 Å². The van der Waals surface area contributed by atoms with Crippen molar-refractivity contribution in [2.45, 2.75) is 26.8 Å². The lowest BCUT2D eigenvalue weighted by Gasteiger charge is -2.12. The van der Waals surface area contributed by atoms with Gasteiger partial charge in [-0.1, -0.05) is 18.2 Å². The molecule has 1 aromatic carbocycles. The average Bonchev–Trinajstić information content (AvgIpc) is 2.16. The van der Waals surface area contributed by atoms with E-state index in [-0.39, 0.29) is 11.5 Å². The Morgan fingerprint density at radius 1 is 1.40 bits per heavy atom. The first-order valence-corrected chi connectivity index (χ1v) is 4.85. The maximum Gasteiger partial charge on any atom is 0.243 e. The highest BCUT2D eigenvalue weighted by molar-refractivity contribution is 5.39. The van der Waals surface area contributed by atoms with Gasteiger partial charge in [0.25, 0.3) is 0 Å². The van der Waals surface area contributed by atoms with Crippen molar-refractivity contribution < 1.29 is 9.66 Å². The van der Waals surface area contributed by atoms with Crippen LogP contribution in [-0.4, -0.2) is 17.6 Å². The summed E-state index contributed by atoms with van der Waals surface area (Å²) in [6, 6.07) is 5.12. The summed E-state index contributed by atoms with van der Waals surface area (Å²) in [4.78, 5) is 10.1. The summed E-state index contributed by atoms with van der Waals surface area (Å²) in [5.74, 6) is 0.756. The molecule has 0 saturated heterocycles. The second kappa shape index (κ2) is 4.77. The highest BCUT2D eigenvalue weighted by Crippen LogP contribution is 2.22. The van der Waals surface area contributed by atoms with E-state index in [0.717, 1.165) is 16.9 Å². The molecule has 15 heavy (non-hydrogen) atoms. The normalized spacial score (nSPS) is 12.2. The fourth-order valence-electron chi connectivity index (χ4n) is 1.29. The predicted molar refractivity (Wildman–Crippen MR) is 57.9 cm³/mol. The molecule has 0 amide bonds. The molecule has 1 unspecified atom stereocenters. The first kappa shape index (κ1) is 11.5. The smallest absolute Gasteiger partial charge is 0.243 e. The predicted octanol–water partition coefficient (Wildman–Crippen LogP) is 2.35. The van der Waals surface area contributed by atoms with Gasteiger partial charge in [0, 0.05) is 11.8 Å². The summed E-state index contributed by atoms with van der Waals surface area (Å²) >= 11 is 0. The lowest BCUT2D eigenvalue weighted by molar-refractivity contribution is -0.520. The Bertz CT molecular complexity index is 343. The molecule has 0 N–H and O–H groups in total. The Hall–Kier alpha value is -1.58. The van der Waals surface area contributed by atoms with Gasteiger partial charge >= 0.3 is 0 Å². The molecule has 0 saturated carbocycles. The van der Waals surface area contributed by atoms with Crippen molar-refractivity contribution in [3.8, 4) is 5.75 Å². The van der Waals surface area contributed by atoms with E-state index in [1.807, 2.05) is 32.0 Å². The zero-order chi connectivity index (χ0) is 11.4. The fraction of sp³-hybridized carbons (Fsp3) is 0.455. The number of hydrogen-bond acceptors (Lipinski definition) is 3. The number of nitrogens with zero attached hydrogens (tertiary/aromatic N) is 1. The van der Waals surface area contributed by atoms with Crippen LogP contribution in [0.3, 0.4) is 0 Å². The molecule has 1 aromatic rings. The number of ether oxygens (including phenoxy) is 1. The SMILES string of the molecule is Cc1cccc(C)c1OCC(C)[N+](=O)[O-]. The molecule has 1 rings (SSSR count). The summed E-state index contributed by atoms with van der Waals surface area (Å²) < 4.78 is 5.45. The average molecular weight is 209 g/mol. The number of aryl methyl sites for hydroxylation is 2. The first-order chi connectivity index (χ1) is 7.02. The standard InChI is InChI=1S/C11H15NO3/c1-8-5-4-6-9(2)11(8)15-7-10(3)12(13)14/h4-6,10H,7H2,1-3H3. The Morgan fingerprint density at radius 3 is 2.40 bits per heavy atom. The molecule has 4 nitrogen and oxygen atoms in total. The zero-order valence-electron chi connectivity index (χ0n) is 9.19. The molecule has 0 radical (unpaired) electrons. The van der Waals surface area contributed by atoms with E-state index in [4.69, 9.17) is 4.74 Å². The lowest BCUT2D eigenvalue weighted by Crippen LogP contribution is -2.23. The number of rotatable bonds is 4. The molecule has 4 heteroatoms. The summed E-state index contributed by atoms with van der Waals surface area (Å²) in [6.45, 7) is 5.50. The Morgan fingerprint density at radius 2 is 1.93 bits per heavy atom. The highest BCUT2D eigenvalue weighted by Gasteiger charge is 2.14. The van der Waals surface area contributed by atoms with Crippen molar-refractivity contribution >= 4 is 0 Å². The van der Waals surface area contributed by atoms with Gasteiger partial charge in [0.1, 0.15) is 5.75 Å². The van der Waals surface area contributed by atoms with E-state index in [9.17, 15) is 10.1 Å². The van der Waals surface area contributed by atoms with Crippen LogP contribution in [0.25, 0.3) is 0 Å². The zero-order valence-corrected chi connectivity index (χ0v) is 9.19. The number of hydrogen-bond donors (Lipinski definition) is 0. The molecule has 0 aliphatic carbocycles. The van der Waals surface area contributed by atoms with Crippen LogP contribution in [0.5, 0.6) is 5.75 Å². The Kier molecular flexibility index (Phi) is 3.66. The van der Waals surface area contributed by atoms with Gasteiger partial charge < -0.3 is 4.74 Å². The molecular formula is C11H15NO3. The monoisotopic (exact) mass is 209 g/mol. The van der Waals surface area contributed by atoms with E-state index >= 15 is 0 Å². The summed E-state index contributed by atoms with van der Waals surface area (Å²) in [7, 11) is 0. The third-order valence-corrected chi connectivity index (χ3v) is 2.24. The summed E-state index contributed by atoms with van der Waals surface area (Å²) in [6.07, 6.45) is 0. The van der Waals surface area contributed by atoms with Crippen molar-refractivity contribution in [2.24, 2.45) is 0 Å². The van der Waals surface area contributed by atoms with Crippen LogP contribution in [-0.2, 0) is 0 Å². The molecular weight excluding hydrogens is 194 g/mol. The van der Waals surface area contributed by atoms with Crippen LogP contribution in [0.2, 0.25) is 0 Å². The Labute approximate surface area is 89.0 Å². The van der Waals surface area contributed by atoms with Gasteiger partial charge in [-0.25, -0.2) is 0 Å². The molecule has 0 heterocycles. The molecule has 0 spiro atoms. The lowest BCUT2D eigenvalue weighted by atomic mass is 10.1. The van der Waals surface area contributed by atoms with Crippen molar-refractivity contribution in [3.05, 3.63) is 39.4 Å². The van der Waals surface area contributed by atoms with Gasteiger partial charge in [0.15, 0.2) is 6.61 Å². The molecule has 0 aliphatic heterocycles. The van der Waals surface area contributed by atoms with Crippen LogP contribution in [0.4, 0.5) is 0 Å². The minimum Gasteiger partial charge on any atom is -0.486 e. The van der Waals surface area contributed by atoms with Gasteiger partial charge in [-0.2, -0.15) is 0 Å². The van der Waals surface area contributed by atoms with Gasteiger partial charge in [0.05, 0.1) is 0 Å². The molecule has 0 bridgehead atoms. The second-order valence-corrected chi connectivity index (χ2v) is 3.67. The van der Waals surface area contributed by atoms with Gasteiger partial charge in [-0.3, -0.25) is 10.1 Å². The number of para-hydroxylation sites is 1. The summed E-state index contributed by atoms with van der Waals surface area (Å²) in [5, 5.41) is 10.4. The first-order valence-electron chi connectivity index (χ1n) is 4.85. The van der Waals surface area contributed by atoms with Crippen molar-refractivity contribution in [1.29, 1.82) is 0 Å². The maximum absolute atomic E-state index is 10.4. The van der Waals surface area contributed by atoms with Gasteiger partial charge in [-0.05, 0) is 25.0 Å². The quantitative estimate of drug-likeness (QED) is 0.565. The van der Waals surface area contributed by atoms with Crippen LogP contribution < -0.4 is 4.74 Å². The Balaban J connectivity index is 2.69. The van der Waals surface area contributed by atoms with E-state index < -0.39 is 6.04 Å². The maximum atomic E-state index is 10.4. The minimum absolute atomic E-state index is 0.110.